The Morgan fingerprint density at radius 1 is 1.07 bits per heavy atom. The van der Waals surface area contributed by atoms with Crippen LogP contribution in [0.1, 0.15) is 12.8 Å². The third-order valence-corrected chi connectivity index (χ3v) is 3.52. The van der Waals surface area contributed by atoms with Crippen LogP contribution in [0.4, 0.5) is 0 Å². The molecule has 14 heavy (non-hydrogen) atoms. The fourth-order valence-electron chi connectivity index (χ4n) is 2.45. The molecule has 4 nitrogen and oxygen atoms in total. The molecule has 0 aromatic carbocycles. The minimum absolute atomic E-state index is 0.233. The zero-order chi connectivity index (χ0) is 10.1. The number of hydrogen-bond donors (Lipinski definition) is 1. The molecular weight excluding hydrogens is 180 g/mol. The molecule has 0 spiro atoms. The molecule has 0 radical (unpaired) electrons. The molecule has 4 heteroatoms. The van der Waals surface area contributed by atoms with Gasteiger partial charge in [-0.15, -0.1) is 0 Å². The van der Waals surface area contributed by atoms with E-state index in [-0.39, 0.29) is 12.2 Å². The van der Waals surface area contributed by atoms with Gasteiger partial charge in [0.1, 0.15) is 0 Å². The third-order valence-electron chi connectivity index (χ3n) is 3.52. The molecule has 1 saturated carbocycles. The van der Waals surface area contributed by atoms with Gasteiger partial charge in [0.15, 0.2) is 0 Å². The first kappa shape index (κ1) is 10.4. The van der Waals surface area contributed by atoms with Gasteiger partial charge in [-0.3, -0.25) is 4.90 Å². The zero-order valence-corrected chi connectivity index (χ0v) is 8.98. The maximum atomic E-state index is 5.78. The number of ether oxygens (including phenoxy) is 2. The second-order valence-electron chi connectivity index (χ2n) is 4.39. The predicted octanol–water partition coefficient (Wildman–Crippen LogP) is -0.178. The van der Waals surface area contributed by atoms with Crippen LogP contribution < -0.4 is 5.73 Å². The third kappa shape index (κ3) is 1.80. The van der Waals surface area contributed by atoms with E-state index in [1.54, 1.807) is 14.2 Å². The Bertz CT molecular complexity index is 183. The van der Waals surface area contributed by atoms with Crippen molar-refractivity contribution in [2.24, 2.45) is 5.73 Å². The highest BCUT2D eigenvalue weighted by Crippen LogP contribution is 2.28. The lowest BCUT2D eigenvalue weighted by atomic mass is 9.86. The molecule has 2 N–H and O–H groups in total. The normalized spacial score (nSPS) is 43.9. The van der Waals surface area contributed by atoms with Gasteiger partial charge in [0.2, 0.25) is 0 Å². The van der Waals surface area contributed by atoms with E-state index < -0.39 is 0 Å². The van der Waals surface area contributed by atoms with Gasteiger partial charge in [-0.05, 0) is 12.8 Å². The molecular formula is C10H20N2O2. The highest BCUT2D eigenvalue weighted by Gasteiger charge is 2.40. The minimum atomic E-state index is 0.233. The summed E-state index contributed by atoms with van der Waals surface area (Å²) in [7, 11) is 3.51. The topological polar surface area (TPSA) is 47.7 Å². The minimum Gasteiger partial charge on any atom is -0.377 e. The van der Waals surface area contributed by atoms with Crippen LogP contribution in [0.15, 0.2) is 0 Å². The van der Waals surface area contributed by atoms with Gasteiger partial charge in [0.25, 0.3) is 0 Å². The van der Waals surface area contributed by atoms with E-state index in [1.807, 2.05) is 0 Å². The number of nitrogens with zero attached hydrogens (tertiary/aromatic N) is 1. The number of rotatable bonds is 3. The molecule has 2 rings (SSSR count). The van der Waals surface area contributed by atoms with E-state index >= 15 is 0 Å². The molecule has 1 saturated heterocycles. The van der Waals surface area contributed by atoms with Crippen molar-refractivity contribution >= 4 is 0 Å². The fraction of sp³-hybridized carbons (Fsp3) is 1.00. The molecule has 2 fully saturated rings. The Balaban J connectivity index is 1.85. The fourth-order valence-corrected chi connectivity index (χ4v) is 2.45. The van der Waals surface area contributed by atoms with Crippen LogP contribution in [0, 0.1) is 0 Å². The van der Waals surface area contributed by atoms with Crippen LogP contribution in [0.25, 0.3) is 0 Å². The molecule has 1 aliphatic heterocycles. The molecule has 0 aromatic rings. The summed E-state index contributed by atoms with van der Waals surface area (Å²) in [6.07, 6.45) is 2.73. The van der Waals surface area contributed by atoms with Gasteiger partial charge in [0, 0.05) is 39.4 Å². The Kier molecular flexibility index (Phi) is 3.07. The average Bonchev–Trinajstić information content (AvgIpc) is 2.55. The highest BCUT2D eigenvalue weighted by atomic mass is 16.5. The predicted molar refractivity (Wildman–Crippen MR) is 54.2 cm³/mol. The first-order valence-corrected chi connectivity index (χ1v) is 5.29. The van der Waals surface area contributed by atoms with Gasteiger partial charge >= 0.3 is 0 Å². The van der Waals surface area contributed by atoms with Crippen molar-refractivity contribution in [3.8, 4) is 0 Å². The monoisotopic (exact) mass is 200 g/mol. The first-order valence-electron chi connectivity index (χ1n) is 5.29. The van der Waals surface area contributed by atoms with Crippen molar-refractivity contribution in [1.29, 1.82) is 0 Å². The Labute approximate surface area is 85.3 Å². The van der Waals surface area contributed by atoms with Crippen LogP contribution >= 0.6 is 0 Å². The van der Waals surface area contributed by atoms with Crippen molar-refractivity contribution in [2.75, 3.05) is 27.3 Å². The molecule has 2 unspecified atom stereocenters. The lowest BCUT2D eigenvalue weighted by Gasteiger charge is -2.39. The van der Waals surface area contributed by atoms with Crippen LogP contribution in [0.5, 0.6) is 0 Å². The van der Waals surface area contributed by atoms with E-state index in [1.165, 1.54) is 0 Å². The van der Waals surface area contributed by atoms with Crippen LogP contribution in [0.2, 0.25) is 0 Å². The SMILES string of the molecule is COC1CN(C2CC(N)C2)CC1OC. The smallest absolute Gasteiger partial charge is 0.0971 e. The Morgan fingerprint density at radius 3 is 1.93 bits per heavy atom. The summed E-state index contributed by atoms with van der Waals surface area (Å²) in [6.45, 7) is 1.98. The van der Waals surface area contributed by atoms with E-state index in [2.05, 4.69) is 4.90 Å². The maximum Gasteiger partial charge on any atom is 0.0971 e. The number of methoxy groups -OCH3 is 2. The molecule has 0 aromatic heterocycles. The van der Waals surface area contributed by atoms with Crippen molar-refractivity contribution in [3.63, 3.8) is 0 Å². The summed E-state index contributed by atoms with van der Waals surface area (Å²) < 4.78 is 10.8. The Hall–Kier alpha value is -0.160. The summed E-state index contributed by atoms with van der Waals surface area (Å²) in [5.41, 5.74) is 5.78. The number of nitrogens with two attached hydrogens (primary N) is 1. The van der Waals surface area contributed by atoms with E-state index in [9.17, 15) is 0 Å². The lowest BCUT2D eigenvalue weighted by molar-refractivity contribution is -0.00461. The molecule has 1 heterocycles. The van der Waals surface area contributed by atoms with Gasteiger partial charge in [0.05, 0.1) is 12.2 Å². The van der Waals surface area contributed by atoms with Gasteiger partial charge in [-0.1, -0.05) is 0 Å². The van der Waals surface area contributed by atoms with Crippen LogP contribution in [-0.2, 0) is 9.47 Å². The van der Waals surface area contributed by atoms with E-state index in [0.717, 1.165) is 25.9 Å². The highest BCUT2D eigenvalue weighted by molar-refractivity contribution is 4.96. The molecule has 0 bridgehead atoms. The number of hydrogen-bond acceptors (Lipinski definition) is 4. The molecule has 0 amide bonds. The van der Waals surface area contributed by atoms with Crippen molar-refractivity contribution < 1.29 is 9.47 Å². The summed E-state index contributed by atoms with van der Waals surface area (Å²) >= 11 is 0. The lowest BCUT2D eigenvalue weighted by Crippen LogP contribution is -2.50. The maximum absolute atomic E-state index is 5.78. The van der Waals surface area contributed by atoms with Crippen molar-refractivity contribution in [3.05, 3.63) is 0 Å². The van der Waals surface area contributed by atoms with Gasteiger partial charge in [-0.25, -0.2) is 0 Å². The summed E-state index contributed by atoms with van der Waals surface area (Å²) in [6, 6.07) is 1.09. The quantitative estimate of drug-likeness (QED) is 0.686. The summed E-state index contributed by atoms with van der Waals surface area (Å²) in [5.74, 6) is 0. The first-order chi connectivity index (χ1) is 6.74. The van der Waals surface area contributed by atoms with Gasteiger partial charge in [-0.2, -0.15) is 0 Å². The van der Waals surface area contributed by atoms with E-state index in [4.69, 9.17) is 15.2 Å². The van der Waals surface area contributed by atoms with Crippen LogP contribution in [0.3, 0.4) is 0 Å². The number of likely N-dealkylation sites (tertiary alicyclic amines) is 1. The zero-order valence-electron chi connectivity index (χ0n) is 8.98. The van der Waals surface area contributed by atoms with Crippen molar-refractivity contribution in [2.45, 2.75) is 37.1 Å². The second-order valence-corrected chi connectivity index (χ2v) is 4.39. The summed E-state index contributed by atoms with van der Waals surface area (Å²) in [5, 5.41) is 0. The second kappa shape index (κ2) is 4.14. The molecule has 2 aliphatic rings. The van der Waals surface area contributed by atoms with Crippen molar-refractivity contribution in [1.82, 2.24) is 4.90 Å². The molecule has 82 valence electrons. The average molecular weight is 200 g/mol. The van der Waals surface area contributed by atoms with E-state index in [0.29, 0.717) is 12.1 Å². The van der Waals surface area contributed by atoms with Gasteiger partial charge < -0.3 is 15.2 Å². The largest absolute Gasteiger partial charge is 0.377 e. The molecule has 1 aliphatic carbocycles. The molecule has 2 atom stereocenters. The van der Waals surface area contributed by atoms with Crippen LogP contribution in [-0.4, -0.2) is 56.5 Å². The summed E-state index contributed by atoms with van der Waals surface area (Å²) in [4.78, 5) is 2.45. The standard InChI is InChI=1S/C10H20N2O2/c1-13-9-5-12(6-10(9)14-2)8-3-7(11)4-8/h7-10H,3-6,11H2,1-2H3. The Morgan fingerprint density at radius 2 is 1.57 bits per heavy atom.